The van der Waals surface area contributed by atoms with Crippen molar-refractivity contribution in [3.63, 3.8) is 0 Å². The quantitative estimate of drug-likeness (QED) is 0.582. The summed E-state index contributed by atoms with van der Waals surface area (Å²) in [5.74, 6) is 0. The zero-order valence-electron chi connectivity index (χ0n) is 14.5. The summed E-state index contributed by atoms with van der Waals surface area (Å²) in [5.41, 5.74) is 5.40. The normalized spacial score (nSPS) is 15.4. The number of hydrogen-bond acceptors (Lipinski definition) is 3. The second-order valence-corrected chi connectivity index (χ2v) is 6.27. The van der Waals surface area contributed by atoms with Crippen LogP contribution in [-0.2, 0) is 9.47 Å². The Hall–Kier alpha value is -2.75. The molecule has 26 heavy (non-hydrogen) atoms. The van der Waals surface area contributed by atoms with Gasteiger partial charge in [-0.05, 0) is 41.3 Å². The van der Waals surface area contributed by atoms with Gasteiger partial charge < -0.3 is 9.47 Å². The number of aliphatic imine (C=N–C) groups is 1. The van der Waals surface area contributed by atoms with E-state index < -0.39 is 0 Å². The molecule has 0 radical (unpaired) electrons. The lowest BCUT2D eigenvalue weighted by atomic mass is 10.0. The maximum absolute atomic E-state index is 5.71. The van der Waals surface area contributed by atoms with Gasteiger partial charge in [-0.1, -0.05) is 60.7 Å². The third-order valence-electron chi connectivity index (χ3n) is 4.35. The first kappa shape index (κ1) is 16.7. The van der Waals surface area contributed by atoms with Gasteiger partial charge in [-0.15, -0.1) is 0 Å². The van der Waals surface area contributed by atoms with Crippen LogP contribution in [0.2, 0.25) is 0 Å². The van der Waals surface area contributed by atoms with Crippen LogP contribution in [0.15, 0.2) is 83.9 Å². The van der Waals surface area contributed by atoms with Crippen LogP contribution in [0, 0.1) is 0 Å². The zero-order chi connectivity index (χ0) is 17.6. The average Bonchev–Trinajstić information content (AvgIpc) is 2.74. The number of benzene rings is 3. The highest BCUT2D eigenvalue weighted by molar-refractivity contribution is 5.82. The Morgan fingerprint density at radius 3 is 2.31 bits per heavy atom. The summed E-state index contributed by atoms with van der Waals surface area (Å²) in [5, 5.41) is 0. The van der Waals surface area contributed by atoms with Gasteiger partial charge >= 0.3 is 0 Å². The lowest BCUT2D eigenvalue weighted by Crippen LogP contribution is -2.17. The fourth-order valence-electron chi connectivity index (χ4n) is 2.97. The van der Waals surface area contributed by atoms with Crippen molar-refractivity contribution in [2.45, 2.75) is 12.7 Å². The van der Waals surface area contributed by atoms with Crippen molar-refractivity contribution < 1.29 is 9.47 Å². The molecule has 1 heterocycles. The molecule has 0 amide bonds. The van der Waals surface area contributed by atoms with Crippen LogP contribution < -0.4 is 0 Å². The fraction of sp³-hybridized carbons (Fsp3) is 0.174. The maximum atomic E-state index is 5.71. The maximum Gasteiger partial charge on any atom is 0.183 e. The van der Waals surface area contributed by atoms with E-state index in [9.17, 15) is 0 Å². The number of nitrogens with zero attached hydrogens (tertiary/aromatic N) is 1. The SMILES string of the molecule is C(=N\c1ccc(-c2cccc(C3OCCCO3)c2)cc1)/c1ccccc1. The van der Waals surface area contributed by atoms with Gasteiger partial charge in [0, 0.05) is 11.8 Å². The van der Waals surface area contributed by atoms with Crippen LogP contribution in [0.5, 0.6) is 0 Å². The highest BCUT2D eigenvalue weighted by Gasteiger charge is 2.16. The first-order valence-corrected chi connectivity index (χ1v) is 8.91. The zero-order valence-corrected chi connectivity index (χ0v) is 14.5. The van der Waals surface area contributed by atoms with E-state index in [0.717, 1.165) is 47.6 Å². The molecule has 4 rings (SSSR count). The molecule has 130 valence electrons. The summed E-state index contributed by atoms with van der Waals surface area (Å²) in [4.78, 5) is 4.54. The van der Waals surface area contributed by atoms with Crippen molar-refractivity contribution in [2.24, 2.45) is 4.99 Å². The Morgan fingerprint density at radius 2 is 1.54 bits per heavy atom. The van der Waals surface area contributed by atoms with E-state index in [1.165, 1.54) is 0 Å². The van der Waals surface area contributed by atoms with E-state index in [2.05, 4.69) is 35.3 Å². The van der Waals surface area contributed by atoms with Gasteiger partial charge in [0.15, 0.2) is 6.29 Å². The topological polar surface area (TPSA) is 30.8 Å². The van der Waals surface area contributed by atoms with Crippen molar-refractivity contribution in [3.8, 4) is 11.1 Å². The molecule has 3 aromatic rings. The minimum atomic E-state index is -0.251. The molecule has 1 saturated heterocycles. The summed E-state index contributed by atoms with van der Waals surface area (Å²) >= 11 is 0. The minimum absolute atomic E-state index is 0.251. The van der Waals surface area contributed by atoms with Gasteiger partial charge in [0.25, 0.3) is 0 Å². The van der Waals surface area contributed by atoms with Crippen molar-refractivity contribution in [3.05, 3.63) is 90.0 Å². The first-order valence-electron chi connectivity index (χ1n) is 8.91. The predicted octanol–water partition coefficient (Wildman–Crippen LogP) is 5.54. The lowest BCUT2D eigenvalue weighted by Gasteiger charge is -2.23. The van der Waals surface area contributed by atoms with E-state index >= 15 is 0 Å². The number of rotatable bonds is 4. The largest absolute Gasteiger partial charge is 0.348 e. The van der Waals surface area contributed by atoms with Gasteiger partial charge in [0.2, 0.25) is 0 Å². The fourth-order valence-corrected chi connectivity index (χ4v) is 2.97. The smallest absolute Gasteiger partial charge is 0.183 e. The Labute approximate surface area is 153 Å². The van der Waals surface area contributed by atoms with E-state index in [0.29, 0.717) is 0 Å². The lowest BCUT2D eigenvalue weighted by molar-refractivity contribution is -0.183. The molecule has 0 aliphatic carbocycles. The average molecular weight is 343 g/mol. The molecule has 0 N–H and O–H groups in total. The van der Waals surface area contributed by atoms with Crippen LogP contribution in [0.3, 0.4) is 0 Å². The second kappa shape index (κ2) is 8.09. The molecule has 0 bridgehead atoms. The van der Waals surface area contributed by atoms with E-state index in [1.807, 2.05) is 54.7 Å². The van der Waals surface area contributed by atoms with Gasteiger partial charge in [-0.25, -0.2) is 0 Å². The molecule has 1 aliphatic rings. The molecular weight excluding hydrogens is 322 g/mol. The Morgan fingerprint density at radius 1 is 0.769 bits per heavy atom. The summed E-state index contributed by atoms with van der Waals surface area (Å²) in [6.45, 7) is 1.51. The highest BCUT2D eigenvalue weighted by atomic mass is 16.7. The summed E-state index contributed by atoms with van der Waals surface area (Å²) < 4.78 is 11.4. The van der Waals surface area contributed by atoms with Crippen molar-refractivity contribution >= 4 is 11.9 Å². The van der Waals surface area contributed by atoms with Crippen molar-refractivity contribution in [1.82, 2.24) is 0 Å². The third-order valence-corrected chi connectivity index (χ3v) is 4.35. The van der Waals surface area contributed by atoms with Crippen LogP contribution in [0.4, 0.5) is 5.69 Å². The van der Waals surface area contributed by atoms with E-state index in [4.69, 9.17) is 9.47 Å². The molecule has 0 atom stereocenters. The highest BCUT2D eigenvalue weighted by Crippen LogP contribution is 2.28. The summed E-state index contributed by atoms with van der Waals surface area (Å²) in [7, 11) is 0. The molecular formula is C23H21NO2. The molecule has 3 heteroatoms. The van der Waals surface area contributed by atoms with Crippen LogP contribution in [-0.4, -0.2) is 19.4 Å². The Bertz CT molecular complexity index is 866. The Kier molecular flexibility index (Phi) is 5.19. The molecule has 0 spiro atoms. The number of ether oxygens (including phenoxy) is 2. The van der Waals surface area contributed by atoms with Crippen LogP contribution >= 0.6 is 0 Å². The van der Waals surface area contributed by atoms with E-state index in [1.54, 1.807) is 0 Å². The molecule has 3 nitrogen and oxygen atoms in total. The van der Waals surface area contributed by atoms with Gasteiger partial charge in [-0.3, -0.25) is 4.99 Å². The third kappa shape index (κ3) is 4.07. The monoisotopic (exact) mass is 343 g/mol. The first-order chi connectivity index (χ1) is 12.9. The van der Waals surface area contributed by atoms with Crippen molar-refractivity contribution in [1.29, 1.82) is 0 Å². The second-order valence-electron chi connectivity index (χ2n) is 6.27. The number of hydrogen-bond donors (Lipinski definition) is 0. The molecule has 0 aromatic heterocycles. The van der Waals surface area contributed by atoms with Gasteiger partial charge in [-0.2, -0.15) is 0 Å². The molecule has 1 fully saturated rings. The van der Waals surface area contributed by atoms with Crippen LogP contribution in [0.25, 0.3) is 11.1 Å². The van der Waals surface area contributed by atoms with Crippen LogP contribution in [0.1, 0.15) is 23.8 Å². The molecule has 3 aromatic carbocycles. The predicted molar refractivity (Wildman–Crippen MR) is 105 cm³/mol. The van der Waals surface area contributed by atoms with E-state index in [-0.39, 0.29) is 6.29 Å². The van der Waals surface area contributed by atoms with Crippen molar-refractivity contribution in [2.75, 3.05) is 13.2 Å². The van der Waals surface area contributed by atoms with Gasteiger partial charge in [0.05, 0.1) is 18.9 Å². The molecule has 1 aliphatic heterocycles. The summed E-state index contributed by atoms with van der Waals surface area (Å²) in [6.07, 6.45) is 2.59. The van der Waals surface area contributed by atoms with Gasteiger partial charge in [0.1, 0.15) is 0 Å². The molecule has 0 saturated carbocycles. The standard InChI is InChI=1S/C23H21NO2/c1-2-6-18(7-3-1)17-24-22-12-10-19(11-13-22)20-8-4-9-21(16-20)23-25-14-5-15-26-23/h1-4,6-13,16-17,23H,5,14-15H2/b24-17+. The Balaban J connectivity index is 1.51. The molecule has 0 unspecified atom stereocenters. The minimum Gasteiger partial charge on any atom is -0.348 e. The summed E-state index contributed by atoms with van der Waals surface area (Å²) in [6, 6.07) is 26.7.